The Morgan fingerprint density at radius 1 is 1.56 bits per heavy atom. The van der Waals surface area contributed by atoms with Crippen LogP contribution in [0.2, 0.25) is 0 Å². The van der Waals surface area contributed by atoms with Gasteiger partial charge in [-0.3, -0.25) is 0 Å². The SMILES string of the molecule is c1cnn(CC2CO2)n1. The highest BCUT2D eigenvalue weighted by Gasteiger charge is 2.23. The van der Waals surface area contributed by atoms with Crippen molar-refractivity contribution in [2.75, 3.05) is 6.61 Å². The number of hydrogen-bond donors (Lipinski definition) is 0. The standard InChI is InChI=1S/C5H7N3O/c1-2-7-8(6-1)3-5-4-9-5/h1-2,5H,3-4H2. The van der Waals surface area contributed by atoms with Crippen molar-refractivity contribution < 1.29 is 4.74 Å². The largest absolute Gasteiger partial charge is 0.371 e. The van der Waals surface area contributed by atoms with Crippen LogP contribution in [0.15, 0.2) is 12.4 Å². The van der Waals surface area contributed by atoms with E-state index < -0.39 is 0 Å². The van der Waals surface area contributed by atoms with Gasteiger partial charge >= 0.3 is 0 Å². The van der Waals surface area contributed by atoms with Gasteiger partial charge in [-0.2, -0.15) is 15.0 Å². The smallest absolute Gasteiger partial charge is 0.102 e. The van der Waals surface area contributed by atoms with E-state index in [1.54, 1.807) is 17.2 Å². The van der Waals surface area contributed by atoms with E-state index in [0.717, 1.165) is 13.2 Å². The van der Waals surface area contributed by atoms with E-state index in [2.05, 4.69) is 10.2 Å². The van der Waals surface area contributed by atoms with Crippen LogP contribution < -0.4 is 0 Å². The molecule has 1 aliphatic heterocycles. The number of aromatic nitrogens is 3. The van der Waals surface area contributed by atoms with Gasteiger partial charge in [0.1, 0.15) is 6.10 Å². The number of ether oxygens (including phenoxy) is 1. The summed E-state index contributed by atoms with van der Waals surface area (Å²) < 4.78 is 4.98. The Kier molecular flexibility index (Phi) is 0.989. The second-order valence-corrected chi connectivity index (χ2v) is 2.04. The van der Waals surface area contributed by atoms with Crippen LogP contribution in [-0.4, -0.2) is 27.7 Å². The molecule has 48 valence electrons. The van der Waals surface area contributed by atoms with Gasteiger partial charge < -0.3 is 4.74 Å². The topological polar surface area (TPSA) is 43.2 Å². The van der Waals surface area contributed by atoms with Crippen LogP contribution in [0.1, 0.15) is 0 Å². The quantitative estimate of drug-likeness (QED) is 0.508. The van der Waals surface area contributed by atoms with Gasteiger partial charge in [0.05, 0.1) is 25.5 Å². The maximum atomic E-state index is 4.98. The summed E-state index contributed by atoms with van der Waals surface area (Å²) in [4.78, 5) is 1.64. The zero-order chi connectivity index (χ0) is 6.10. The first-order valence-electron chi connectivity index (χ1n) is 2.91. The second-order valence-electron chi connectivity index (χ2n) is 2.04. The molecule has 1 saturated heterocycles. The average molecular weight is 125 g/mol. The Labute approximate surface area is 52.4 Å². The van der Waals surface area contributed by atoms with Crippen LogP contribution in [0, 0.1) is 0 Å². The minimum Gasteiger partial charge on any atom is -0.371 e. The molecule has 0 aliphatic carbocycles. The average Bonchev–Trinajstić information content (AvgIpc) is 2.46. The van der Waals surface area contributed by atoms with Gasteiger partial charge in [0.15, 0.2) is 0 Å². The van der Waals surface area contributed by atoms with Crippen LogP contribution in [-0.2, 0) is 11.3 Å². The Hall–Kier alpha value is -0.900. The minimum absolute atomic E-state index is 0.373. The van der Waals surface area contributed by atoms with Crippen LogP contribution in [0.5, 0.6) is 0 Å². The fourth-order valence-electron chi connectivity index (χ4n) is 0.693. The second kappa shape index (κ2) is 1.80. The van der Waals surface area contributed by atoms with Crippen LogP contribution in [0.3, 0.4) is 0 Å². The highest BCUT2D eigenvalue weighted by atomic mass is 16.6. The summed E-state index contributed by atoms with van der Waals surface area (Å²) >= 11 is 0. The molecule has 2 rings (SSSR count). The molecule has 1 unspecified atom stereocenters. The van der Waals surface area contributed by atoms with Gasteiger partial charge in [-0.15, -0.1) is 0 Å². The lowest BCUT2D eigenvalue weighted by Crippen LogP contribution is -2.06. The minimum atomic E-state index is 0.373. The molecule has 1 aromatic rings. The molecule has 0 spiro atoms. The van der Waals surface area contributed by atoms with Crippen molar-refractivity contribution in [3.63, 3.8) is 0 Å². The van der Waals surface area contributed by atoms with Gasteiger partial charge in [0.25, 0.3) is 0 Å². The molecule has 1 aromatic heterocycles. The molecule has 1 fully saturated rings. The van der Waals surface area contributed by atoms with E-state index in [-0.39, 0.29) is 0 Å². The van der Waals surface area contributed by atoms with Crippen molar-refractivity contribution >= 4 is 0 Å². The zero-order valence-electron chi connectivity index (χ0n) is 4.90. The fourth-order valence-corrected chi connectivity index (χ4v) is 0.693. The van der Waals surface area contributed by atoms with Gasteiger partial charge in [0.2, 0.25) is 0 Å². The number of rotatable bonds is 2. The summed E-state index contributed by atoms with van der Waals surface area (Å²) in [5.41, 5.74) is 0. The lowest BCUT2D eigenvalue weighted by molar-refractivity contribution is 0.360. The van der Waals surface area contributed by atoms with E-state index in [9.17, 15) is 0 Å². The van der Waals surface area contributed by atoms with Crippen LogP contribution in [0.4, 0.5) is 0 Å². The molecule has 1 atom stereocenters. The van der Waals surface area contributed by atoms with E-state index in [4.69, 9.17) is 4.74 Å². The Morgan fingerprint density at radius 3 is 2.78 bits per heavy atom. The van der Waals surface area contributed by atoms with E-state index in [0.29, 0.717) is 6.10 Å². The summed E-state index contributed by atoms with van der Waals surface area (Å²) in [6.07, 6.45) is 3.71. The molecule has 0 bridgehead atoms. The molecule has 4 nitrogen and oxygen atoms in total. The highest BCUT2D eigenvalue weighted by Crippen LogP contribution is 2.09. The predicted molar refractivity (Wildman–Crippen MR) is 29.8 cm³/mol. The summed E-state index contributed by atoms with van der Waals surface area (Å²) in [6.45, 7) is 1.66. The maximum absolute atomic E-state index is 4.98. The summed E-state index contributed by atoms with van der Waals surface area (Å²) in [5, 5.41) is 7.84. The van der Waals surface area contributed by atoms with Crippen molar-refractivity contribution in [1.29, 1.82) is 0 Å². The van der Waals surface area contributed by atoms with E-state index in [1.807, 2.05) is 0 Å². The van der Waals surface area contributed by atoms with Crippen molar-refractivity contribution in [1.82, 2.24) is 15.0 Å². The molecular weight excluding hydrogens is 118 g/mol. The third kappa shape index (κ3) is 1.08. The third-order valence-electron chi connectivity index (χ3n) is 1.24. The molecule has 0 amide bonds. The molecule has 9 heavy (non-hydrogen) atoms. The Morgan fingerprint density at radius 2 is 2.22 bits per heavy atom. The molecule has 0 saturated carbocycles. The predicted octanol–water partition coefficient (Wildman–Crippen LogP) is -0.323. The molecular formula is C5H7N3O. The number of epoxide rings is 1. The fraction of sp³-hybridized carbons (Fsp3) is 0.600. The molecule has 2 heterocycles. The maximum Gasteiger partial charge on any atom is 0.102 e. The van der Waals surface area contributed by atoms with Gasteiger partial charge in [-0.1, -0.05) is 0 Å². The summed E-state index contributed by atoms with van der Waals surface area (Å²) in [7, 11) is 0. The first-order chi connectivity index (χ1) is 4.45. The molecule has 0 radical (unpaired) electrons. The highest BCUT2D eigenvalue weighted by molar-refractivity contribution is 4.69. The normalized spacial score (nSPS) is 24.2. The van der Waals surface area contributed by atoms with Gasteiger partial charge in [-0.25, -0.2) is 0 Å². The lowest BCUT2D eigenvalue weighted by atomic mass is 10.5. The first-order valence-corrected chi connectivity index (χ1v) is 2.91. The van der Waals surface area contributed by atoms with Gasteiger partial charge in [0, 0.05) is 0 Å². The molecule has 0 N–H and O–H groups in total. The zero-order valence-corrected chi connectivity index (χ0v) is 4.90. The van der Waals surface area contributed by atoms with E-state index in [1.165, 1.54) is 0 Å². The Balaban J connectivity index is 1.99. The summed E-state index contributed by atoms with van der Waals surface area (Å²) in [6, 6.07) is 0. The monoisotopic (exact) mass is 125 g/mol. The van der Waals surface area contributed by atoms with Crippen LogP contribution in [0.25, 0.3) is 0 Å². The van der Waals surface area contributed by atoms with Crippen molar-refractivity contribution in [2.24, 2.45) is 0 Å². The van der Waals surface area contributed by atoms with Crippen molar-refractivity contribution in [3.8, 4) is 0 Å². The van der Waals surface area contributed by atoms with Crippen LogP contribution >= 0.6 is 0 Å². The van der Waals surface area contributed by atoms with Crippen molar-refractivity contribution in [2.45, 2.75) is 12.6 Å². The number of hydrogen-bond acceptors (Lipinski definition) is 3. The molecule has 1 aliphatic rings. The third-order valence-corrected chi connectivity index (χ3v) is 1.24. The lowest BCUT2D eigenvalue weighted by Gasteiger charge is -1.90. The van der Waals surface area contributed by atoms with Crippen molar-refractivity contribution in [3.05, 3.63) is 12.4 Å². The number of nitrogens with zero attached hydrogens (tertiary/aromatic N) is 3. The molecule has 0 aromatic carbocycles. The first kappa shape index (κ1) is 4.93. The summed E-state index contributed by atoms with van der Waals surface area (Å²) in [5.74, 6) is 0. The van der Waals surface area contributed by atoms with E-state index >= 15 is 0 Å². The van der Waals surface area contributed by atoms with Gasteiger partial charge in [-0.05, 0) is 0 Å². The molecule has 4 heteroatoms. The Bertz CT molecular complexity index is 180.